The molecule has 4 nitrogen and oxygen atoms in total. The van der Waals surface area contributed by atoms with Crippen LogP contribution in [0.2, 0.25) is 0 Å². The van der Waals surface area contributed by atoms with Crippen LogP contribution in [0, 0.1) is 0 Å². The van der Waals surface area contributed by atoms with Gasteiger partial charge < -0.3 is 14.6 Å². The topological polar surface area (TPSA) is 41.9 Å². The smallest absolute Gasteiger partial charge is 0.162 e. The minimum Gasteiger partial charge on any atom is -0.485 e. The van der Waals surface area contributed by atoms with Gasteiger partial charge >= 0.3 is 0 Å². The van der Waals surface area contributed by atoms with Gasteiger partial charge in [0.25, 0.3) is 0 Å². The van der Waals surface area contributed by atoms with E-state index in [0.29, 0.717) is 6.61 Å². The molecule has 2 aliphatic heterocycles. The maximum absolute atomic E-state index is 9.60. The highest BCUT2D eigenvalue weighted by Crippen LogP contribution is 2.35. The summed E-state index contributed by atoms with van der Waals surface area (Å²) >= 11 is 0. The lowest BCUT2D eigenvalue weighted by Gasteiger charge is -2.26. The van der Waals surface area contributed by atoms with Crippen LogP contribution in [0.3, 0.4) is 0 Å². The average Bonchev–Trinajstić information content (AvgIpc) is 3.00. The van der Waals surface area contributed by atoms with Gasteiger partial charge in [0, 0.05) is 19.6 Å². The Balaban J connectivity index is 1.42. The van der Waals surface area contributed by atoms with Gasteiger partial charge in [-0.25, -0.2) is 0 Å². The number of fused-ring (bicyclic) bond motifs is 1. The normalized spacial score (nSPS) is 23.9. The lowest BCUT2D eigenvalue weighted by atomic mass is 10.1. The van der Waals surface area contributed by atoms with E-state index < -0.39 is 0 Å². The molecule has 0 amide bonds. The Labute approximate surface area is 136 Å². The zero-order valence-electron chi connectivity index (χ0n) is 13.0. The predicted molar refractivity (Wildman–Crippen MR) is 87.6 cm³/mol. The van der Waals surface area contributed by atoms with Gasteiger partial charge in [0.2, 0.25) is 0 Å². The van der Waals surface area contributed by atoms with Crippen molar-refractivity contribution in [3.63, 3.8) is 0 Å². The molecule has 0 aliphatic carbocycles. The Morgan fingerprint density at radius 2 is 1.83 bits per heavy atom. The van der Waals surface area contributed by atoms with E-state index in [0.717, 1.165) is 43.1 Å². The predicted octanol–water partition coefficient (Wildman–Crippen LogP) is 2.77. The van der Waals surface area contributed by atoms with Gasteiger partial charge in [0.1, 0.15) is 6.61 Å². The maximum Gasteiger partial charge on any atom is 0.162 e. The summed E-state index contributed by atoms with van der Waals surface area (Å²) in [6, 6.07) is 16.3. The number of β-amino-alcohol motifs (C(OH)–C–C–N with tert-alkyl or cyclic N) is 1. The average molecular weight is 311 g/mol. The van der Waals surface area contributed by atoms with Crippen LogP contribution >= 0.6 is 0 Å². The number of likely N-dealkylation sites (tertiary alicyclic amines) is 1. The number of hydrogen-bond donors (Lipinski definition) is 1. The second-order valence-corrected chi connectivity index (χ2v) is 6.28. The van der Waals surface area contributed by atoms with Gasteiger partial charge in [-0.15, -0.1) is 0 Å². The van der Waals surface area contributed by atoms with Crippen molar-refractivity contribution in [2.24, 2.45) is 0 Å². The van der Waals surface area contributed by atoms with Crippen molar-refractivity contribution in [2.45, 2.75) is 25.2 Å². The van der Waals surface area contributed by atoms with Gasteiger partial charge in [-0.3, -0.25) is 4.90 Å². The molecule has 0 spiro atoms. The fourth-order valence-electron chi connectivity index (χ4n) is 3.24. The van der Waals surface area contributed by atoms with Gasteiger partial charge in [0.05, 0.1) is 6.10 Å². The molecule has 2 unspecified atom stereocenters. The monoisotopic (exact) mass is 311 g/mol. The summed E-state index contributed by atoms with van der Waals surface area (Å²) in [6.07, 6.45) is 0.653. The number of nitrogens with zero attached hydrogens (tertiary/aromatic N) is 1. The molecule has 0 bridgehead atoms. The molecule has 120 valence electrons. The molecule has 4 rings (SSSR count). The molecule has 2 aliphatic rings. The highest BCUT2D eigenvalue weighted by molar-refractivity contribution is 5.41. The third-order valence-electron chi connectivity index (χ3n) is 4.51. The number of hydrogen-bond acceptors (Lipinski definition) is 4. The third-order valence-corrected chi connectivity index (χ3v) is 4.51. The quantitative estimate of drug-likeness (QED) is 0.946. The number of para-hydroxylation sites is 2. The van der Waals surface area contributed by atoms with Crippen LogP contribution in [0.5, 0.6) is 11.5 Å². The highest BCUT2D eigenvalue weighted by Gasteiger charge is 2.23. The summed E-state index contributed by atoms with van der Waals surface area (Å²) in [5, 5.41) is 9.60. The molecule has 1 N–H and O–H groups in total. The van der Waals surface area contributed by atoms with Crippen LogP contribution in [-0.2, 0) is 6.54 Å². The standard InChI is InChI=1S/C19H21NO3/c21-16-9-10-20(12-16)11-14-5-7-15(8-6-14)19-13-22-17-3-1-2-4-18(17)23-19/h1-8,16,19,21H,9-13H2. The van der Waals surface area contributed by atoms with Gasteiger partial charge in [-0.1, -0.05) is 36.4 Å². The van der Waals surface area contributed by atoms with Crippen molar-refractivity contribution >= 4 is 0 Å². The molecule has 2 atom stereocenters. The van der Waals surface area contributed by atoms with Crippen molar-refractivity contribution in [1.29, 1.82) is 0 Å². The fourth-order valence-corrected chi connectivity index (χ4v) is 3.24. The first kappa shape index (κ1) is 14.5. The first-order chi connectivity index (χ1) is 11.3. The molecule has 4 heteroatoms. The molecular formula is C19H21NO3. The van der Waals surface area contributed by atoms with E-state index in [-0.39, 0.29) is 12.2 Å². The fraction of sp³-hybridized carbons (Fsp3) is 0.368. The van der Waals surface area contributed by atoms with Crippen molar-refractivity contribution < 1.29 is 14.6 Å². The van der Waals surface area contributed by atoms with Crippen LogP contribution < -0.4 is 9.47 Å². The first-order valence-corrected chi connectivity index (χ1v) is 8.16. The van der Waals surface area contributed by atoms with E-state index in [1.807, 2.05) is 24.3 Å². The number of ether oxygens (including phenoxy) is 2. The highest BCUT2D eigenvalue weighted by atomic mass is 16.6. The molecule has 1 fully saturated rings. The molecule has 0 radical (unpaired) electrons. The number of aliphatic hydroxyl groups is 1. The van der Waals surface area contributed by atoms with Gasteiger partial charge in [-0.05, 0) is 29.7 Å². The SMILES string of the molecule is OC1CCN(Cc2ccc(C3COc4ccccc4O3)cc2)C1. The van der Waals surface area contributed by atoms with Crippen LogP contribution in [0.25, 0.3) is 0 Å². The van der Waals surface area contributed by atoms with E-state index in [9.17, 15) is 5.11 Å². The summed E-state index contributed by atoms with van der Waals surface area (Å²) in [5.74, 6) is 1.62. The minimum atomic E-state index is -0.165. The van der Waals surface area contributed by atoms with Crippen LogP contribution in [-0.4, -0.2) is 35.8 Å². The molecule has 1 saturated heterocycles. The van der Waals surface area contributed by atoms with E-state index in [4.69, 9.17) is 9.47 Å². The third kappa shape index (κ3) is 3.19. The number of benzene rings is 2. The molecule has 23 heavy (non-hydrogen) atoms. The zero-order valence-corrected chi connectivity index (χ0v) is 13.0. The van der Waals surface area contributed by atoms with Crippen LogP contribution in [0.4, 0.5) is 0 Å². The zero-order chi connectivity index (χ0) is 15.6. The summed E-state index contributed by atoms with van der Waals surface area (Å²) in [6.45, 7) is 3.17. The summed E-state index contributed by atoms with van der Waals surface area (Å²) in [4.78, 5) is 2.29. The van der Waals surface area contributed by atoms with E-state index >= 15 is 0 Å². The lowest BCUT2D eigenvalue weighted by molar-refractivity contribution is 0.0913. The van der Waals surface area contributed by atoms with Crippen molar-refractivity contribution in [1.82, 2.24) is 4.90 Å². The lowest BCUT2D eigenvalue weighted by Crippen LogP contribution is -2.22. The van der Waals surface area contributed by atoms with Crippen molar-refractivity contribution in [3.05, 3.63) is 59.7 Å². The second kappa shape index (κ2) is 6.22. The Morgan fingerprint density at radius 1 is 1.04 bits per heavy atom. The maximum atomic E-state index is 9.60. The number of rotatable bonds is 3. The Hall–Kier alpha value is -2.04. The number of aliphatic hydroxyl groups excluding tert-OH is 1. The van der Waals surface area contributed by atoms with Gasteiger partial charge in [0.15, 0.2) is 17.6 Å². The van der Waals surface area contributed by atoms with Crippen LogP contribution in [0.1, 0.15) is 23.7 Å². The molecule has 2 heterocycles. The van der Waals surface area contributed by atoms with Crippen molar-refractivity contribution in [3.8, 4) is 11.5 Å². The molecule has 2 aromatic carbocycles. The Kier molecular flexibility index (Phi) is 3.93. The summed E-state index contributed by atoms with van der Waals surface area (Å²) in [7, 11) is 0. The van der Waals surface area contributed by atoms with Gasteiger partial charge in [-0.2, -0.15) is 0 Å². The van der Waals surface area contributed by atoms with E-state index in [1.54, 1.807) is 0 Å². The molecule has 0 saturated carbocycles. The van der Waals surface area contributed by atoms with Crippen molar-refractivity contribution in [2.75, 3.05) is 19.7 Å². The largest absolute Gasteiger partial charge is 0.485 e. The van der Waals surface area contributed by atoms with E-state index in [2.05, 4.69) is 29.2 Å². The molecule has 2 aromatic rings. The van der Waals surface area contributed by atoms with Crippen LogP contribution in [0.15, 0.2) is 48.5 Å². The summed E-state index contributed by atoms with van der Waals surface area (Å²) in [5.41, 5.74) is 2.39. The minimum absolute atomic E-state index is 0.0624. The Morgan fingerprint density at radius 3 is 2.57 bits per heavy atom. The first-order valence-electron chi connectivity index (χ1n) is 8.16. The molecular weight excluding hydrogens is 290 g/mol. The van der Waals surface area contributed by atoms with E-state index in [1.165, 1.54) is 5.56 Å². The Bertz CT molecular complexity index is 671. The molecule has 0 aromatic heterocycles. The second-order valence-electron chi connectivity index (χ2n) is 6.28. The summed E-state index contributed by atoms with van der Waals surface area (Å²) < 4.78 is 11.8.